The summed E-state index contributed by atoms with van der Waals surface area (Å²) in [6.07, 6.45) is 5.72. The second-order valence-electron chi connectivity index (χ2n) is 11.0. The molecule has 1 atom stereocenters. The number of benzene rings is 4. The molecule has 0 spiro atoms. The maximum absolute atomic E-state index is 15.9. The van der Waals surface area contributed by atoms with Crippen molar-refractivity contribution in [1.29, 1.82) is 0 Å². The summed E-state index contributed by atoms with van der Waals surface area (Å²) in [4.78, 5) is 11.1. The quantitative estimate of drug-likeness (QED) is 0.165. The molecular formula is C35H28F3N3O3S. The fourth-order valence-corrected chi connectivity index (χ4v) is 6.48. The van der Waals surface area contributed by atoms with E-state index in [0.29, 0.717) is 23.3 Å². The molecule has 2 N–H and O–H groups in total. The number of thioether (sulfide) groups is 1. The lowest BCUT2D eigenvalue weighted by molar-refractivity contribution is 0.241. The fourth-order valence-electron chi connectivity index (χ4n) is 5.78. The number of nitrogens with one attached hydrogen (secondary N) is 2. The predicted octanol–water partition coefficient (Wildman–Crippen LogP) is 9.16. The molecule has 0 aliphatic carbocycles. The van der Waals surface area contributed by atoms with Crippen LogP contribution in [0.25, 0.3) is 22.3 Å². The molecule has 2 aromatic heterocycles. The zero-order valence-electron chi connectivity index (χ0n) is 24.4. The van der Waals surface area contributed by atoms with Gasteiger partial charge >= 0.3 is 0 Å². The highest BCUT2D eigenvalue weighted by Crippen LogP contribution is 2.46. The summed E-state index contributed by atoms with van der Waals surface area (Å²) in [6, 6.07) is 21.4. The highest BCUT2D eigenvalue weighted by Gasteiger charge is 2.37. The number of H-pyrrole nitrogens is 2. The van der Waals surface area contributed by atoms with E-state index in [2.05, 4.69) is 16.9 Å². The molecule has 3 heterocycles. The first-order chi connectivity index (χ1) is 21.9. The number of nitrogens with zero attached hydrogens (tertiary/aromatic N) is 1. The fraction of sp³-hybridized carbons (Fsp3) is 0.171. The summed E-state index contributed by atoms with van der Waals surface area (Å²) >= 11 is 1.21. The van der Waals surface area contributed by atoms with Crippen molar-refractivity contribution in [3.8, 4) is 34.4 Å². The first kappa shape index (κ1) is 28.9. The molecule has 7 rings (SSSR count). The molecule has 228 valence electrons. The second-order valence-corrected chi connectivity index (χ2v) is 11.8. The summed E-state index contributed by atoms with van der Waals surface area (Å²) in [6.45, 7) is 2.70. The van der Waals surface area contributed by atoms with Crippen LogP contribution in [0.15, 0.2) is 90.1 Å². The van der Waals surface area contributed by atoms with Crippen LogP contribution >= 0.6 is 11.8 Å². The minimum atomic E-state index is -1.17. The van der Waals surface area contributed by atoms with Crippen molar-refractivity contribution in [2.75, 3.05) is 12.9 Å². The van der Waals surface area contributed by atoms with E-state index in [1.165, 1.54) is 30.1 Å². The summed E-state index contributed by atoms with van der Waals surface area (Å²) in [5.41, 5.74) is 2.19. The number of ether oxygens (including phenoxy) is 3. The van der Waals surface area contributed by atoms with E-state index in [-0.39, 0.29) is 40.8 Å². The SMILES string of the molecule is CSc1c(Oc2cc(-c3nc(C4(C)CCOc5ccccc54)c[nH]3)c(F)cc2OCc2ccccc2)c(F)c(F)c2[nH]ccc12. The van der Waals surface area contributed by atoms with E-state index in [1.54, 1.807) is 18.5 Å². The zero-order valence-corrected chi connectivity index (χ0v) is 25.2. The summed E-state index contributed by atoms with van der Waals surface area (Å²) in [5.74, 6) is -2.11. The molecule has 45 heavy (non-hydrogen) atoms. The summed E-state index contributed by atoms with van der Waals surface area (Å²) in [7, 11) is 0. The smallest absolute Gasteiger partial charge is 0.204 e. The normalized spacial score (nSPS) is 15.9. The number of aromatic nitrogens is 3. The predicted molar refractivity (Wildman–Crippen MR) is 168 cm³/mol. The third-order valence-corrected chi connectivity index (χ3v) is 9.05. The highest BCUT2D eigenvalue weighted by atomic mass is 32.2. The molecule has 6 aromatic rings. The molecule has 10 heteroatoms. The van der Waals surface area contributed by atoms with Crippen LogP contribution in [-0.4, -0.2) is 27.8 Å². The number of hydrogen-bond acceptors (Lipinski definition) is 5. The van der Waals surface area contributed by atoms with Gasteiger partial charge in [0.05, 0.1) is 28.3 Å². The number of hydrogen-bond donors (Lipinski definition) is 2. The van der Waals surface area contributed by atoms with Crippen molar-refractivity contribution in [2.24, 2.45) is 0 Å². The molecule has 0 saturated heterocycles. The number of fused-ring (bicyclic) bond motifs is 2. The molecule has 0 bridgehead atoms. The van der Waals surface area contributed by atoms with Crippen LogP contribution in [0.4, 0.5) is 13.2 Å². The number of halogens is 3. The third-order valence-electron chi connectivity index (χ3n) is 8.24. The van der Waals surface area contributed by atoms with Gasteiger partial charge in [0, 0.05) is 34.8 Å². The van der Waals surface area contributed by atoms with Crippen molar-refractivity contribution >= 4 is 22.7 Å². The third kappa shape index (κ3) is 5.08. The van der Waals surface area contributed by atoms with Gasteiger partial charge < -0.3 is 24.2 Å². The molecule has 1 aliphatic heterocycles. The molecule has 0 fully saturated rings. The van der Waals surface area contributed by atoms with Crippen molar-refractivity contribution in [3.63, 3.8) is 0 Å². The minimum absolute atomic E-state index is 0.00592. The van der Waals surface area contributed by atoms with Gasteiger partial charge in [-0.2, -0.15) is 4.39 Å². The van der Waals surface area contributed by atoms with Gasteiger partial charge in [0.1, 0.15) is 24.0 Å². The van der Waals surface area contributed by atoms with Gasteiger partial charge in [-0.3, -0.25) is 0 Å². The number of imidazole rings is 1. The van der Waals surface area contributed by atoms with Gasteiger partial charge in [0.2, 0.25) is 5.82 Å². The average Bonchev–Trinajstić information content (AvgIpc) is 3.76. The van der Waals surface area contributed by atoms with Crippen molar-refractivity contribution in [3.05, 3.63) is 119 Å². The molecule has 1 unspecified atom stereocenters. The maximum atomic E-state index is 15.9. The van der Waals surface area contributed by atoms with Gasteiger partial charge in [-0.15, -0.1) is 11.8 Å². The van der Waals surface area contributed by atoms with Crippen molar-refractivity contribution in [1.82, 2.24) is 15.0 Å². The van der Waals surface area contributed by atoms with Gasteiger partial charge in [0.25, 0.3) is 0 Å². The van der Waals surface area contributed by atoms with Crippen LogP contribution in [0.2, 0.25) is 0 Å². The Hall–Kier alpha value is -4.83. The van der Waals surface area contributed by atoms with Crippen molar-refractivity contribution < 1.29 is 27.4 Å². The molecule has 0 saturated carbocycles. The Morgan fingerprint density at radius 1 is 0.956 bits per heavy atom. The second kappa shape index (κ2) is 11.6. The minimum Gasteiger partial charge on any atom is -0.493 e. The van der Waals surface area contributed by atoms with E-state index < -0.39 is 22.9 Å². The zero-order chi connectivity index (χ0) is 31.1. The average molecular weight is 628 g/mol. The largest absolute Gasteiger partial charge is 0.493 e. The summed E-state index contributed by atoms with van der Waals surface area (Å²) < 4.78 is 64.5. The molecular weight excluding hydrogens is 599 g/mol. The Morgan fingerprint density at radius 2 is 1.76 bits per heavy atom. The van der Waals surface area contributed by atoms with Gasteiger partial charge in [-0.25, -0.2) is 13.8 Å². The molecule has 4 aromatic carbocycles. The van der Waals surface area contributed by atoms with Crippen molar-refractivity contribution in [2.45, 2.75) is 30.3 Å². The number of aromatic amines is 2. The molecule has 6 nitrogen and oxygen atoms in total. The number of para-hydroxylation sites is 1. The lowest BCUT2D eigenvalue weighted by Crippen LogP contribution is -2.31. The van der Waals surface area contributed by atoms with Crippen LogP contribution in [0.3, 0.4) is 0 Å². The monoisotopic (exact) mass is 627 g/mol. The Balaban J connectivity index is 1.32. The van der Waals surface area contributed by atoms with E-state index >= 15 is 13.2 Å². The number of rotatable bonds is 8. The lowest BCUT2D eigenvalue weighted by Gasteiger charge is -2.34. The van der Waals surface area contributed by atoms with E-state index in [9.17, 15) is 0 Å². The highest BCUT2D eigenvalue weighted by molar-refractivity contribution is 7.99. The summed E-state index contributed by atoms with van der Waals surface area (Å²) in [5, 5.41) is 0.464. The van der Waals surface area contributed by atoms with Crippen LogP contribution < -0.4 is 14.2 Å². The van der Waals surface area contributed by atoms with Gasteiger partial charge in [-0.05, 0) is 43.4 Å². The van der Waals surface area contributed by atoms with E-state index in [4.69, 9.17) is 19.2 Å². The molecule has 1 aliphatic rings. The standard InChI is InChI=1S/C35H28F3N3O3S/c1-35(13-15-42-25-11-7-6-10-23(25)35)28-18-40-34(41-28)22-16-27(26(17-24(22)36)43-19-20-8-4-3-5-9-20)44-32-30(38)29(37)31-21(12-14-39-31)33(32)45-2/h3-12,14,16-18,39H,13,15,19H2,1-2H3,(H,40,41). The Bertz CT molecular complexity index is 2030. The van der Waals surface area contributed by atoms with E-state index in [1.807, 2.05) is 54.6 Å². The first-order valence-corrected chi connectivity index (χ1v) is 15.6. The van der Waals surface area contributed by atoms with Gasteiger partial charge in [0.15, 0.2) is 23.1 Å². The van der Waals surface area contributed by atoms with Gasteiger partial charge in [-0.1, -0.05) is 48.5 Å². The van der Waals surface area contributed by atoms with Crippen LogP contribution in [0, 0.1) is 17.5 Å². The molecule has 0 amide bonds. The Kier molecular flexibility index (Phi) is 7.45. The molecule has 0 radical (unpaired) electrons. The first-order valence-electron chi connectivity index (χ1n) is 14.4. The topological polar surface area (TPSA) is 72.2 Å². The van der Waals surface area contributed by atoms with Crippen LogP contribution in [0.5, 0.6) is 23.0 Å². The van der Waals surface area contributed by atoms with Crippen LogP contribution in [0.1, 0.15) is 30.2 Å². The Morgan fingerprint density at radius 3 is 2.58 bits per heavy atom. The van der Waals surface area contributed by atoms with Crippen LogP contribution in [-0.2, 0) is 12.0 Å². The lowest BCUT2D eigenvalue weighted by atomic mass is 9.75. The maximum Gasteiger partial charge on any atom is 0.204 e. The Labute approximate surface area is 261 Å². The van der Waals surface area contributed by atoms with E-state index in [0.717, 1.165) is 22.6 Å².